The molecular formula is C31H42F3N3O4S. The summed E-state index contributed by atoms with van der Waals surface area (Å²) >= 11 is 5.63. The molecule has 2 fully saturated rings. The number of methoxy groups -OCH3 is 2. The third-order valence-corrected chi connectivity index (χ3v) is 8.52. The number of alkyl halides is 3. The van der Waals surface area contributed by atoms with Crippen molar-refractivity contribution in [2.75, 3.05) is 33.9 Å². The Labute approximate surface area is 251 Å². The second kappa shape index (κ2) is 15.4. The number of carboxylic acid groups (broad SMARTS) is 1. The van der Waals surface area contributed by atoms with Gasteiger partial charge in [-0.25, -0.2) is 4.79 Å². The van der Waals surface area contributed by atoms with Crippen LogP contribution in [0.3, 0.4) is 0 Å². The van der Waals surface area contributed by atoms with Crippen LogP contribution in [0.2, 0.25) is 0 Å². The normalized spacial score (nSPS) is 21.9. The van der Waals surface area contributed by atoms with Crippen LogP contribution in [0.15, 0.2) is 48.5 Å². The summed E-state index contributed by atoms with van der Waals surface area (Å²) in [6, 6.07) is 18.3. The van der Waals surface area contributed by atoms with Crippen molar-refractivity contribution >= 4 is 23.3 Å². The number of hydrogen-bond donors (Lipinski definition) is 3. The maximum Gasteiger partial charge on any atom is 0.490 e. The van der Waals surface area contributed by atoms with Crippen LogP contribution in [0.5, 0.6) is 11.5 Å². The van der Waals surface area contributed by atoms with Crippen LogP contribution in [0, 0.1) is 0 Å². The van der Waals surface area contributed by atoms with Gasteiger partial charge in [0.2, 0.25) is 0 Å². The third-order valence-electron chi connectivity index (χ3n) is 8.25. The van der Waals surface area contributed by atoms with Crippen molar-refractivity contribution in [3.8, 4) is 11.5 Å². The van der Waals surface area contributed by atoms with Gasteiger partial charge >= 0.3 is 12.1 Å². The van der Waals surface area contributed by atoms with Crippen LogP contribution >= 0.6 is 12.2 Å². The quantitative estimate of drug-likeness (QED) is 0.234. The molecular weight excluding hydrogens is 567 g/mol. The number of fused-ring (bicyclic) bond motifs is 1. The van der Waals surface area contributed by atoms with E-state index in [1.807, 2.05) is 0 Å². The first kappa shape index (κ1) is 33.5. The average molecular weight is 610 g/mol. The van der Waals surface area contributed by atoms with E-state index in [-0.39, 0.29) is 5.41 Å². The summed E-state index contributed by atoms with van der Waals surface area (Å²) in [6.07, 6.45) is 2.84. The lowest BCUT2D eigenvalue weighted by Gasteiger charge is -2.46. The molecule has 1 saturated heterocycles. The Hall–Kier alpha value is -3.05. The van der Waals surface area contributed by atoms with Gasteiger partial charge in [0.15, 0.2) is 16.6 Å². The zero-order valence-corrected chi connectivity index (χ0v) is 25.3. The van der Waals surface area contributed by atoms with Gasteiger partial charge in [0, 0.05) is 30.6 Å². The fraction of sp³-hybridized carbons (Fsp3) is 0.548. The predicted octanol–water partition coefficient (Wildman–Crippen LogP) is 5.71. The topological polar surface area (TPSA) is 83.1 Å². The van der Waals surface area contributed by atoms with Gasteiger partial charge in [0.05, 0.1) is 14.2 Å². The Morgan fingerprint density at radius 1 is 1.12 bits per heavy atom. The smallest absolute Gasteiger partial charge is 0.490 e. The minimum atomic E-state index is -5.08. The highest BCUT2D eigenvalue weighted by atomic mass is 32.1. The zero-order chi connectivity index (χ0) is 30.8. The van der Waals surface area contributed by atoms with E-state index >= 15 is 0 Å². The van der Waals surface area contributed by atoms with Crippen molar-refractivity contribution in [2.45, 2.75) is 75.5 Å². The highest BCUT2D eigenvalue weighted by molar-refractivity contribution is 7.80. The maximum absolute atomic E-state index is 10.6. The molecule has 2 aliphatic rings. The predicted molar refractivity (Wildman–Crippen MR) is 161 cm³/mol. The molecule has 0 spiro atoms. The molecule has 0 unspecified atom stereocenters. The SMILES string of the molecule is CCCCNC(=S)N[C@@H]1CC[C@@]2(c3ccc(OC)c(OC)c3)CCN(CCc3ccccc3)[C@H]2C1.O=C(O)C(F)(F)F. The molecule has 42 heavy (non-hydrogen) atoms. The zero-order valence-electron chi connectivity index (χ0n) is 24.5. The maximum atomic E-state index is 10.6. The summed E-state index contributed by atoms with van der Waals surface area (Å²) in [5, 5.41) is 15.0. The molecule has 232 valence electrons. The Morgan fingerprint density at radius 2 is 1.81 bits per heavy atom. The number of carbonyl (C=O) groups is 1. The molecule has 4 rings (SSSR count). The Kier molecular flexibility index (Phi) is 12.3. The van der Waals surface area contributed by atoms with Crippen molar-refractivity contribution in [3.05, 3.63) is 59.7 Å². The van der Waals surface area contributed by atoms with E-state index in [1.165, 1.54) is 24.0 Å². The van der Waals surface area contributed by atoms with Crippen molar-refractivity contribution in [1.82, 2.24) is 15.5 Å². The first-order chi connectivity index (χ1) is 20.0. The lowest BCUT2D eigenvalue weighted by molar-refractivity contribution is -0.192. The standard InChI is InChI=1S/C29H41N3O2S.C2HF3O2/c1-4-5-17-30-28(35)31-24-13-15-29(23-11-12-25(33-2)26(20-23)34-3)16-19-32(27(29)21-24)18-14-22-9-7-6-8-10-22;3-2(4,5)1(6)7/h6-12,20,24,27H,4-5,13-19,21H2,1-3H3,(H2,30,31,35);(H,6,7)/t24-,27+,29+;/m1./s1. The fourth-order valence-electron chi connectivity index (χ4n) is 6.06. The van der Waals surface area contributed by atoms with Crippen LogP contribution in [0.4, 0.5) is 13.2 Å². The molecule has 3 atom stereocenters. The third kappa shape index (κ3) is 8.73. The minimum absolute atomic E-state index is 0.131. The molecule has 0 bridgehead atoms. The van der Waals surface area contributed by atoms with Crippen LogP contribution in [-0.4, -0.2) is 73.2 Å². The van der Waals surface area contributed by atoms with Crippen LogP contribution in [-0.2, 0) is 16.6 Å². The van der Waals surface area contributed by atoms with Gasteiger partial charge in [-0.1, -0.05) is 49.7 Å². The number of nitrogens with one attached hydrogen (secondary N) is 2. The van der Waals surface area contributed by atoms with E-state index in [1.54, 1.807) is 14.2 Å². The summed E-state index contributed by atoms with van der Waals surface area (Å²) in [5.74, 6) is -1.14. The molecule has 2 aromatic carbocycles. The molecule has 2 aromatic rings. The molecule has 1 heterocycles. The number of carboxylic acids is 1. The number of ether oxygens (including phenoxy) is 2. The van der Waals surface area contributed by atoms with Crippen LogP contribution in [0.25, 0.3) is 0 Å². The highest BCUT2D eigenvalue weighted by Gasteiger charge is 2.51. The van der Waals surface area contributed by atoms with E-state index in [0.29, 0.717) is 12.1 Å². The molecule has 7 nitrogen and oxygen atoms in total. The number of likely N-dealkylation sites (tertiary alicyclic amines) is 1. The monoisotopic (exact) mass is 609 g/mol. The summed E-state index contributed by atoms with van der Waals surface area (Å²) < 4.78 is 43.0. The van der Waals surface area contributed by atoms with E-state index in [9.17, 15) is 13.2 Å². The molecule has 0 radical (unpaired) electrons. The Morgan fingerprint density at radius 3 is 2.43 bits per heavy atom. The van der Waals surface area contributed by atoms with E-state index in [4.69, 9.17) is 31.6 Å². The highest BCUT2D eigenvalue weighted by Crippen LogP contribution is 2.50. The van der Waals surface area contributed by atoms with Gasteiger partial charge in [0.1, 0.15) is 0 Å². The van der Waals surface area contributed by atoms with Gasteiger partial charge in [-0.15, -0.1) is 0 Å². The molecule has 1 aliphatic heterocycles. The summed E-state index contributed by atoms with van der Waals surface area (Å²) in [4.78, 5) is 11.6. The number of benzene rings is 2. The van der Waals surface area contributed by atoms with Crippen LogP contribution < -0.4 is 20.1 Å². The second-order valence-corrected chi connectivity index (χ2v) is 11.2. The Balaban J connectivity index is 0.000000616. The molecule has 0 amide bonds. The van der Waals surface area contributed by atoms with Gasteiger partial charge in [-0.3, -0.25) is 4.90 Å². The molecule has 1 saturated carbocycles. The van der Waals surface area contributed by atoms with Crippen LogP contribution in [0.1, 0.15) is 56.6 Å². The van der Waals surface area contributed by atoms with Crippen molar-refractivity contribution in [3.63, 3.8) is 0 Å². The summed E-state index contributed by atoms with van der Waals surface area (Å²) in [7, 11) is 3.43. The molecule has 3 N–H and O–H groups in total. The van der Waals surface area contributed by atoms with Gasteiger partial charge in [-0.2, -0.15) is 13.2 Å². The average Bonchev–Trinajstić information content (AvgIpc) is 3.35. The van der Waals surface area contributed by atoms with Crippen molar-refractivity contribution < 1.29 is 32.5 Å². The largest absolute Gasteiger partial charge is 0.493 e. The minimum Gasteiger partial charge on any atom is -0.493 e. The molecule has 11 heteroatoms. The first-order valence-corrected chi connectivity index (χ1v) is 14.8. The number of hydrogen-bond acceptors (Lipinski definition) is 5. The van der Waals surface area contributed by atoms with Gasteiger partial charge in [0.25, 0.3) is 0 Å². The Bertz CT molecular complexity index is 1170. The number of rotatable bonds is 10. The lowest BCUT2D eigenvalue weighted by Crippen LogP contribution is -2.54. The van der Waals surface area contributed by atoms with Gasteiger partial charge in [-0.05, 0) is 80.5 Å². The molecule has 0 aromatic heterocycles. The number of unbranched alkanes of at least 4 members (excludes halogenated alkanes) is 1. The first-order valence-electron chi connectivity index (χ1n) is 14.4. The second-order valence-electron chi connectivity index (χ2n) is 10.8. The van der Waals surface area contributed by atoms with Gasteiger partial charge < -0.3 is 25.2 Å². The number of halogens is 3. The number of aliphatic carboxylic acids is 1. The summed E-state index contributed by atoms with van der Waals surface area (Å²) in [5.41, 5.74) is 2.92. The number of nitrogens with zero attached hydrogens (tertiary/aromatic N) is 1. The van der Waals surface area contributed by atoms with E-state index in [2.05, 4.69) is 71.0 Å². The summed E-state index contributed by atoms with van der Waals surface area (Å²) in [6.45, 7) is 5.35. The van der Waals surface area contributed by atoms with Crippen molar-refractivity contribution in [2.24, 2.45) is 0 Å². The fourth-order valence-corrected chi connectivity index (χ4v) is 6.33. The number of thiocarbonyl (C=S) groups is 1. The van der Waals surface area contributed by atoms with E-state index < -0.39 is 12.1 Å². The van der Waals surface area contributed by atoms with Crippen molar-refractivity contribution in [1.29, 1.82) is 0 Å². The molecule has 1 aliphatic carbocycles. The lowest BCUT2D eigenvalue weighted by atomic mass is 9.65. The van der Waals surface area contributed by atoms with E-state index in [0.717, 1.165) is 68.3 Å².